The standard InChI is InChI=1S/C29H33NO6/c1-29(2,3)36-28(32)30-24(27(31)33-4)17-23-15-16-25(34-19-21-11-7-5-8-12-21)26(18-23)35-20-22-13-9-6-10-14-22/h5-16,18,24H,17,19-20H2,1-4H3,(H,30,32). The Hall–Kier alpha value is -4.00. The lowest BCUT2D eigenvalue weighted by Gasteiger charge is -2.23. The molecule has 0 aliphatic carbocycles. The summed E-state index contributed by atoms with van der Waals surface area (Å²) in [6.45, 7) is 5.99. The summed E-state index contributed by atoms with van der Waals surface area (Å²) in [7, 11) is 1.28. The predicted octanol–water partition coefficient (Wildman–Crippen LogP) is 5.45. The zero-order chi connectivity index (χ0) is 26.0. The first kappa shape index (κ1) is 26.6. The quantitative estimate of drug-likeness (QED) is 0.380. The second kappa shape index (κ2) is 12.6. The van der Waals surface area contributed by atoms with Crippen molar-refractivity contribution >= 4 is 12.1 Å². The molecule has 1 unspecified atom stereocenters. The molecule has 0 bridgehead atoms. The van der Waals surface area contributed by atoms with Crippen LogP contribution >= 0.6 is 0 Å². The maximum atomic E-state index is 12.4. The lowest BCUT2D eigenvalue weighted by molar-refractivity contribution is -0.143. The largest absolute Gasteiger partial charge is 0.485 e. The number of methoxy groups -OCH3 is 1. The lowest BCUT2D eigenvalue weighted by Crippen LogP contribution is -2.45. The summed E-state index contributed by atoms with van der Waals surface area (Å²) in [6.07, 6.45) is -0.506. The molecule has 7 nitrogen and oxygen atoms in total. The molecule has 0 fully saturated rings. The normalized spacial score (nSPS) is 11.8. The number of nitrogens with one attached hydrogen (secondary N) is 1. The van der Waals surface area contributed by atoms with Crippen LogP contribution in [-0.4, -0.2) is 30.8 Å². The van der Waals surface area contributed by atoms with Gasteiger partial charge in [0, 0.05) is 6.42 Å². The van der Waals surface area contributed by atoms with Crippen molar-refractivity contribution in [2.45, 2.75) is 52.0 Å². The number of esters is 1. The van der Waals surface area contributed by atoms with E-state index in [0.29, 0.717) is 24.7 Å². The predicted molar refractivity (Wildman–Crippen MR) is 137 cm³/mol. The van der Waals surface area contributed by atoms with Crippen molar-refractivity contribution in [1.82, 2.24) is 5.32 Å². The second-order valence-corrected chi connectivity index (χ2v) is 9.26. The van der Waals surface area contributed by atoms with Gasteiger partial charge in [0.05, 0.1) is 7.11 Å². The summed E-state index contributed by atoms with van der Waals surface area (Å²) in [5, 5.41) is 2.60. The van der Waals surface area contributed by atoms with Crippen LogP contribution in [0.1, 0.15) is 37.5 Å². The Morgan fingerprint density at radius 1 is 0.778 bits per heavy atom. The van der Waals surface area contributed by atoms with Crippen molar-refractivity contribution in [3.05, 3.63) is 95.6 Å². The van der Waals surface area contributed by atoms with Crippen molar-refractivity contribution in [2.75, 3.05) is 7.11 Å². The first-order valence-electron chi connectivity index (χ1n) is 11.8. The molecule has 0 aliphatic heterocycles. The van der Waals surface area contributed by atoms with Gasteiger partial charge in [-0.2, -0.15) is 0 Å². The molecule has 1 N–H and O–H groups in total. The van der Waals surface area contributed by atoms with Gasteiger partial charge >= 0.3 is 12.1 Å². The van der Waals surface area contributed by atoms with Crippen LogP contribution in [0.3, 0.4) is 0 Å². The smallest absolute Gasteiger partial charge is 0.408 e. The Morgan fingerprint density at radius 3 is 1.86 bits per heavy atom. The van der Waals surface area contributed by atoms with Crippen molar-refractivity contribution in [3.8, 4) is 11.5 Å². The molecule has 1 atom stereocenters. The van der Waals surface area contributed by atoms with E-state index in [1.54, 1.807) is 26.8 Å². The molecule has 3 rings (SSSR count). The number of carbonyl (C=O) groups is 2. The highest BCUT2D eigenvalue weighted by atomic mass is 16.6. The molecule has 0 spiro atoms. The average Bonchev–Trinajstić information content (AvgIpc) is 2.86. The van der Waals surface area contributed by atoms with E-state index in [2.05, 4.69) is 5.32 Å². The molecule has 190 valence electrons. The molecule has 0 radical (unpaired) electrons. The second-order valence-electron chi connectivity index (χ2n) is 9.26. The third-order valence-corrected chi connectivity index (χ3v) is 5.10. The summed E-state index contributed by atoms with van der Waals surface area (Å²) in [5.74, 6) is 0.540. The molecule has 0 saturated carbocycles. The lowest BCUT2D eigenvalue weighted by atomic mass is 10.1. The third-order valence-electron chi connectivity index (χ3n) is 5.10. The number of ether oxygens (including phenoxy) is 4. The summed E-state index contributed by atoms with van der Waals surface area (Å²) >= 11 is 0. The van der Waals surface area contributed by atoms with Gasteiger partial charge in [-0.15, -0.1) is 0 Å². The summed E-state index contributed by atoms with van der Waals surface area (Å²) < 4.78 is 22.4. The van der Waals surface area contributed by atoms with Gasteiger partial charge in [0.2, 0.25) is 0 Å². The highest BCUT2D eigenvalue weighted by molar-refractivity contribution is 5.81. The molecule has 36 heavy (non-hydrogen) atoms. The van der Waals surface area contributed by atoms with Gasteiger partial charge in [-0.25, -0.2) is 9.59 Å². The average molecular weight is 492 g/mol. The van der Waals surface area contributed by atoms with Crippen LogP contribution in [0.25, 0.3) is 0 Å². The van der Waals surface area contributed by atoms with Crippen LogP contribution in [-0.2, 0) is 33.9 Å². The van der Waals surface area contributed by atoms with Gasteiger partial charge in [0.15, 0.2) is 11.5 Å². The Bertz CT molecular complexity index is 1130. The Labute approximate surface area is 212 Å². The van der Waals surface area contributed by atoms with Crippen molar-refractivity contribution in [2.24, 2.45) is 0 Å². The van der Waals surface area contributed by atoms with E-state index in [1.807, 2.05) is 72.8 Å². The van der Waals surface area contributed by atoms with Gasteiger partial charge in [-0.05, 0) is 49.6 Å². The fourth-order valence-corrected chi connectivity index (χ4v) is 3.40. The first-order chi connectivity index (χ1) is 17.2. The monoisotopic (exact) mass is 491 g/mol. The number of hydrogen-bond acceptors (Lipinski definition) is 6. The van der Waals surface area contributed by atoms with Crippen LogP contribution in [0, 0.1) is 0 Å². The summed E-state index contributed by atoms with van der Waals surface area (Å²) in [6, 6.07) is 24.2. The van der Waals surface area contributed by atoms with Gasteiger partial charge in [0.25, 0.3) is 0 Å². The molecular formula is C29H33NO6. The van der Waals surface area contributed by atoms with E-state index in [1.165, 1.54) is 7.11 Å². The van der Waals surface area contributed by atoms with E-state index in [0.717, 1.165) is 16.7 Å². The topological polar surface area (TPSA) is 83.1 Å². The maximum absolute atomic E-state index is 12.4. The molecule has 0 aromatic heterocycles. The first-order valence-corrected chi connectivity index (χ1v) is 11.8. The van der Waals surface area contributed by atoms with Crippen LogP contribution in [0.2, 0.25) is 0 Å². The Balaban J connectivity index is 1.79. The van der Waals surface area contributed by atoms with Crippen molar-refractivity contribution in [3.63, 3.8) is 0 Å². The zero-order valence-electron chi connectivity index (χ0n) is 21.2. The van der Waals surface area contributed by atoms with E-state index in [9.17, 15) is 9.59 Å². The highest BCUT2D eigenvalue weighted by Crippen LogP contribution is 2.31. The van der Waals surface area contributed by atoms with E-state index < -0.39 is 23.7 Å². The molecule has 0 heterocycles. The van der Waals surface area contributed by atoms with E-state index >= 15 is 0 Å². The number of carbonyl (C=O) groups excluding carboxylic acids is 2. The zero-order valence-corrected chi connectivity index (χ0v) is 21.2. The van der Waals surface area contributed by atoms with Crippen molar-refractivity contribution in [1.29, 1.82) is 0 Å². The van der Waals surface area contributed by atoms with Crippen LogP contribution in [0.4, 0.5) is 4.79 Å². The fraction of sp³-hybridized carbons (Fsp3) is 0.310. The number of benzene rings is 3. The SMILES string of the molecule is COC(=O)C(Cc1ccc(OCc2ccccc2)c(OCc2ccccc2)c1)NC(=O)OC(C)(C)C. The number of hydrogen-bond donors (Lipinski definition) is 1. The highest BCUT2D eigenvalue weighted by Gasteiger charge is 2.26. The maximum Gasteiger partial charge on any atom is 0.408 e. The molecular weight excluding hydrogens is 458 g/mol. The summed E-state index contributed by atoms with van der Waals surface area (Å²) in [5.41, 5.74) is 2.11. The summed E-state index contributed by atoms with van der Waals surface area (Å²) in [4.78, 5) is 24.7. The van der Waals surface area contributed by atoms with Crippen LogP contribution in [0.5, 0.6) is 11.5 Å². The van der Waals surface area contributed by atoms with Gasteiger partial charge in [0.1, 0.15) is 24.9 Å². The minimum Gasteiger partial charge on any atom is -0.485 e. The Kier molecular flexibility index (Phi) is 9.33. The van der Waals surface area contributed by atoms with Crippen molar-refractivity contribution < 1.29 is 28.5 Å². The van der Waals surface area contributed by atoms with E-state index in [4.69, 9.17) is 18.9 Å². The molecule has 3 aromatic rings. The van der Waals surface area contributed by atoms with Gasteiger partial charge in [-0.3, -0.25) is 0 Å². The number of amides is 1. The molecule has 0 aliphatic rings. The van der Waals surface area contributed by atoms with E-state index in [-0.39, 0.29) is 6.42 Å². The minimum absolute atomic E-state index is 0.187. The fourth-order valence-electron chi connectivity index (χ4n) is 3.40. The molecule has 7 heteroatoms. The van der Waals surface area contributed by atoms with Gasteiger partial charge < -0.3 is 24.3 Å². The minimum atomic E-state index is -0.928. The number of rotatable bonds is 10. The van der Waals surface area contributed by atoms with Gasteiger partial charge in [-0.1, -0.05) is 66.7 Å². The Morgan fingerprint density at radius 2 is 1.33 bits per heavy atom. The third kappa shape index (κ3) is 8.65. The van der Waals surface area contributed by atoms with Crippen LogP contribution in [0.15, 0.2) is 78.9 Å². The molecule has 1 amide bonds. The number of alkyl carbamates (subject to hydrolysis) is 1. The van der Waals surface area contributed by atoms with Crippen LogP contribution < -0.4 is 14.8 Å². The molecule has 0 saturated heterocycles. The molecule has 3 aromatic carbocycles.